The van der Waals surface area contributed by atoms with Gasteiger partial charge in [-0.3, -0.25) is 0 Å². The van der Waals surface area contributed by atoms with Crippen molar-refractivity contribution in [3.8, 4) is 11.8 Å². The Morgan fingerprint density at radius 1 is 0.750 bits per heavy atom. The predicted octanol–water partition coefficient (Wildman–Crippen LogP) is 3.66. The van der Waals surface area contributed by atoms with Gasteiger partial charge < -0.3 is 0 Å². The molecule has 0 unspecified atom stereocenters. The van der Waals surface area contributed by atoms with Gasteiger partial charge >= 0.3 is 0 Å². The number of hydrogen-bond donors (Lipinski definition) is 0. The molecule has 0 bridgehead atoms. The number of hydrogen-bond acceptors (Lipinski definition) is 0. The molecule has 0 heteroatoms. The molecule has 0 amide bonds. The van der Waals surface area contributed by atoms with E-state index in [0.29, 0.717) is 0 Å². The third kappa shape index (κ3) is 2.32. The number of rotatable bonds is 2. The average Bonchev–Trinajstić information content (AvgIpc) is 2.38. The van der Waals surface area contributed by atoms with Crippen molar-refractivity contribution in [1.29, 1.82) is 0 Å². The van der Waals surface area contributed by atoms with Crippen LogP contribution in [0.25, 0.3) is 0 Å². The summed E-state index contributed by atoms with van der Waals surface area (Å²) in [7, 11) is 0. The second kappa shape index (κ2) is 5.19. The molecule has 0 spiro atoms. The largest absolute Gasteiger partial charge is 0.101 e. The van der Waals surface area contributed by atoms with Gasteiger partial charge in [0, 0.05) is 6.92 Å². The highest BCUT2D eigenvalue weighted by Gasteiger charge is 2.09. The van der Waals surface area contributed by atoms with Gasteiger partial charge in [0.15, 0.2) is 0 Å². The van der Waals surface area contributed by atoms with Crippen LogP contribution in [0.5, 0.6) is 0 Å². The van der Waals surface area contributed by atoms with Gasteiger partial charge in [-0.2, -0.15) is 0 Å². The molecule has 0 atom stereocenters. The lowest BCUT2D eigenvalue weighted by molar-refractivity contribution is 1.06. The van der Waals surface area contributed by atoms with Crippen molar-refractivity contribution in [2.75, 3.05) is 0 Å². The summed E-state index contributed by atoms with van der Waals surface area (Å²) in [6, 6.07) is 20.6. The van der Waals surface area contributed by atoms with Gasteiger partial charge in [0.2, 0.25) is 0 Å². The van der Waals surface area contributed by atoms with E-state index in [1.807, 2.05) is 36.4 Å². The molecule has 0 aliphatic rings. The molecule has 2 rings (SSSR count). The Labute approximate surface area is 96.9 Å². The Hall–Kier alpha value is -2.00. The van der Waals surface area contributed by atoms with Gasteiger partial charge in [-0.05, 0) is 11.1 Å². The maximum atomic E-state index is 3.62. The Balaban J connectivity index is 2.42. The molecule has 1 radical (unpaired) electrons. The molecular weight excluding hydrogens is 192 g/mol. The van der Waals surface area contributed by atoms with Crippen LogP contribution in [-0.4, -0.2) is 0 Å². The first-order chi connectivity index (χ1) is 7.92. The van der Waals surface area contributed by atoms with Crippen molar-refractivity contribution in [2.24, 2.45) is 0 Å². The second-order valence-corrected chi connectivity index (χ2v) is 3.58. The molecule has 0 aliphatic heterocycles. The average molecular weight is 205 g/mol. The number of benzene rings is 2. The Bertz CT molecular complexity index is 446. The Morgan fingerprint density at radius 3 is 1.56 bits per heavy atom. The summed E-state index contributed by atoms with van der Waals surface area (Å²) in [5, 5.41) is 0. The normalized spacial score (nSPS) is 9.62. The van der Waals surface area contributed by atoms with Gasteiger partial charge in [0.05, 0.1) is 5.92 Å². The van der Waals surface area contributed by atoms with E-state index in [4.69, 9.17) is 0 Å². The third-order valence-corrected chi connectivity index (χ3v) is 2.51. The first-order valence-corrected chi connectivity index (χ1v) is 5.29. The molecule has 0 aliphatic carbocycles. The van der Waals surface area contributed by atoms with Crippen LogP contribution in [0.4, 0.5) is 0 Å². The molecule has 0 fully saturated rings. The van der Waals surface area contributed by atoms with Gasteiger partial charge in [0.25, 0.3) is 0 Å². The molecular formula is C16H13. The minimum absolute atomic E-state index is 0.125. The standard InChI is InChI=1S/C16H13/c1-2-9-16(14-10-5-3-6-11-14)15-12-7-4-8-13-15/h3-8,10-13,16H,1H2. The molecule has 0 aromatic heterocycles. The monoisotopic (exact) mass is 205 g/mol. The van der Waals surface area contributed by atoms with Crippen LogP contribution in [-0.2, 0) is 0 Å². The Kier molecular flexibility index (Phi) is 3.41. The maximum Gasteiger partial charge on any atom is 0.0702 e. The summed E-state index contributed by atoms with van der Waals surface area (Å²) in [5.41, 5.74) is 2.43. The van der Waals surface area contributed by atoms with Crippen LogP contribution >= 0.6 is 0 Å². The van der Waals surface area contributed by atoms with E-state index in [9.17, 15) is 0 Å². The molecule has 2 aromatic rings. The van der Waals surface area contributed by atoms with Gasteiger partial charge in [-0.25, -0.2) is 0 Å². The summed E-state index contributed by atoms with van der Waals surface area (Å²) >= 11 is 0. The molecule has 0 saturated heterocycles. The molecule has 77 valence electrons. The van der Waals surface area contributed by atoms with E-state index in [1.165, 1.54) is 11.1 Å². The van der Waals surface area contributed by atoms with Gasteiger partial charge in [0.1, 0.15) is 0 Å². The van der Waals surface area contributed by atoms with Gasteiger partial charge in [-0.1, -0.05) is 66.6 Å². The minimum Gasteiger partial charge on any atom is -0.101 e. The van der Waals surface area contributed by atoms with Crippen molar-refractivity contribution in [2.45, 2.75) is 5.92 Å². The zero-order chi connectivity index (χ0) is 11.2. The van der Waals surface area contributed by atoms with Crippen molar-refractivity contribution in [3.63, 3.8) is 0 Å². The summed E-state index contributed by atoms with van der Waals surface area (Å²) in [5.74, 6) is 6.04. The predicted molar refractivity (Wildman–Crippen MR) is 67.9 cm³/mol. The second-order valence-electron chi connectivity index (χ2n) is 3.58. The molecule has 0 nitrogen and oxygen atoms in total. The first-order valence-electron chi connectivity index (χ1n) is 5.29. The fourth-order valence-corrected chi connectivity index (χ4v) is 1.75. The fraction of sp³-hybridized carbons (Fsp3) is 0.0625. The molecule has 0 N–H and O–H groups in total. The highest BCUT2D eigenvalue weighted by Crippen LogP contribution is 2.23. The zero-order valence-corrected chi connectivity index (χ0v) is 9.06. The molecule has 2 aromatic carbocycles. The van der Waals surface area contributed by atoms with E-state index in [0.717, 1.165) is 0 Å². The maximum absolute atomic E-state index is 3.62. The Morgan fingerprint density at radius 2 is 1.19 bits per heavy atom. The fourth-order valence-electron chi connectivity index (χ4n) is 1.75. The first kappa shape index (κ1) is 10.5. The van der Waals surface area contributed by atoms with Crippen LogP contribution in [0.2, 0.25) is 0 Å². The lowest BCUT2D eigenvalue weighted by atomic mass is 9.92. The quantitative estimate of drug-likeness (QED) is 0.656. The van der Waals surface area contributed by atoms with E-state index in [2.05, 4.69) is 43.0 Å². The van der Waals surface area contributed by atoms with Crippen molar-refractivity contribution in [3.05, 3.63) is 78.7 Å². The van der Waals surface area contributed by atoms with Gasteiger partial charge in [-0.15, -0.1) is 5.92 Å². The van der Waals surface area contributed by atoms with Crippen LogP contribution in [0, 0.1) is 18.8 Å². The third-order valence-electron chi connectivity index (χ3n) is 2.51. The summed E-state index contributed by atoms with van der Waals surface area (Å²) < 4.78 is 0. The van der Waals surface area contributed by atoms with E-state index in [-0.39, 0.29) is 5.92 Å². The summed E-state index contributed by atoms with van der Waals surface area (Å²) in [6.45, 7) is 3.62. The summed E-state index contributed by atoms with van der Waals surface area (Å²) in [4.78, 5) is 0. The van der Waals surface area contributed by atoms with Crippen LogP contribution in [0.3, 0.4) is 0 Å². The summed E-state index contributed by atoms with van der Waals surface area (Å²) in [6.07, 6.45) is 0. The lowest BCUT2D eigenvalue weighted by Gasteiger charge is -2.11. The van der Waals surface area contributed by atoms with Crippen molar-refractivity contribution < 1.29 is 0 Å². The SMILES string of the molecule is [CH2]C#CC(c1ccccc1)c1ccccc1. The van der Waals surface area contributed by atoms with Crippen molar-refractivity contribution >= 4 is 0 Å². The highest BCUT2D eigenvalue weighted by molar-refractivity contribution is 5.40. The van der Waals surface area contributed by atoms with E-state index < -0.39 is 0 Å². The van der Waals surface area contributed by atoms with E-state index >= 15 is 0 Å². The molecule has 0 saturated carbocycles. The molecule has 0 heterocycles. The minimum atomic E-state index is 0.125. The molecule has 16 heavy (non-hydrogen) atoms. The zero-order valence-electron chi connectivity index (χ0n) is 9.06. The van der Waals surface area contributed by atoms with Crippen LogP contribution in [0.15, 0.2) is 60.7 Å². The smallest absolute Gasteiger partial charge is 0.0702 e. The highest BCUT2D eigenvalue weighted by atomic mass is 14.1. The lowest BCUT2D eigenvalue weighted by Crippen LogP contribution is -1.97. The van der Waals surface area contributed by atoms with Crippen LogP contribution in [0.1, 0.15) is 17.0 Å². The van der Waals surface area contributed by atoms with Crippen molar-refractivity contribution in [1.82, 2.24) is 0 Å². The van der Waals surface area contributed by atoms with Crippen LogP contribution < -0.4 is 0 Å². The topological polar surface area (TPSA) is 0 Å². The van der Waals surface area contributed by atoms with E-state index in [1.54, 1.807) is 0 Å².